The first-order valence-electron chi connectivity index (χ1n) is 10.3. The molecule has 0 unspecified atom stereocenters. The molecule has 0 spiro atoms. The van der Waals surface area contributed by atoms with Gasteiger partial charge in [-0.15, -0.1) is 0 Å². The smallest absolute Gasteiger partial charge is 0.290 e. The van der Waals surface area contributed by atoms with Crippen molar-refractivity contribution in [3.05, 3.63) is 64.7 Å². The van der Waals surface area contributed by atoms with Crippen LogP contribution in [0.1, 0.15) is 36.5 Å². The van der Waals surface area contributed by atoms with Crippen molar-refractivity contribution in [1.82, 2.24) is 19.5 Å². The topological polar surface area (TPSA) is 129 Å². The number of fused-ring (bicyclic) bond motifs is 1. The van der Waals surface area contributed by atoms with Crippen LogP contribution in [0, 0.1) is 25.5 Å². The Balaban J connectivity index is 0.00000103. The molecule has 11 heteroatoms. The van der Waals surface area contributed by atoms with Crippen LogP contribution < -0.4 is 10.5 Å². The number of benzene rings is 1. The molecule has 3 aromatic heterocycles. The number of carbonyl (C=O) groups is 1. The van der Waals surface area contributed by atoms with E-state index in [4.69, 9.17) is 24.9 Å². The first-order valence-corrected chi connectivity index (χ1v) is 10.3. The summed E-state index contributed by atoms with van der Waals surface area (Å²) in [6, 6.07) is 5.47. The van der Waals surface area contributed by atoms with Crippen LogP contribution in [0.4, 0.5) is 8.78 Å². The highest BCUT2D eigenvalue weighted by molar-refractivity contribution is 5.65. The van der Waals surface area contributed by atoms with Crippen molar-refractivity contribution in [2.45, 2.75) is 46.3 Å². The Kier molecular flexibility index (Phi) is 7.26. The maximum atomic E-state index is 14.0. The van der Waals surface area contributed by atoms with Gasteiger partial charge in [-0.05, 0) is 51.5 Å². The minimum absolute atomic E-state index is 0.142. The summed E-state index contributed by atoms with van der Waals surface area (Å²) in [5.74, 6) is -0.132. The molecule has 3 N–H and O–H groups in total. The molecule has 180 valence electrons. The summed E-state index contributed by atoms with van der Waals surface area (Å²) >= 11 is 0. The van der Waals surface area contributed by atoms with E-state index in [0.29, 0.717) is 40.9 Å². The van der Waals surface area contributed by atoms with Crippen LogP contribution in [-0.2, 0) is 17.8 Å². The summed E-state index contributed by atoms with van der Waals surface area (Å²) in [7, 11) is 0. The molecule has 0 fully saturated rings. The van der Waals surface area contributed by atoms with Crippen molar-refractivity contribution in [3.8, 4) is 17.3 Å². The van der Waals surface area contributed by atoms with Gasteiger partial charge in [0.25, 0.3) is 12.4 Å². The van der Waals surface area contributed by atoms with E-state index in [-0.39, 0.29) is 18.6 Å². The van der Waals surface area contributed by atoms with Gasteiger partial charge in [0.15, 0.2) is 17.2 Å². The van der Waals surface area contributed by atoms with Gasteiger partial charge >= 0.3 is 0 Å². The third kappa shape index (κ3) is 5.54. The molecule has 0 aliphatic carbocycles. The number of halogens is 2. The van der Waals surface area contributed by atoms with Crippen molar-refractivity contribution in [1.29, 1.82) is 0 Å². The van der Waals surface area contributed by atoms with E-state index in [0.717, 1.165) is 5.56 Å². The van der Waals surface area contributed by atoms with E-state index in [1.54, 1.807) is 10.5 Å². The van der Waals surface area contributed by atoms with Crippen molar-refractivity contribution < 1.29 is 27.9 Å². The van der Waals surface area contributed by atoms with Crippen LogP contribution in [-0.4, -0.2) is 36.6 Å². The maximum absolute atomic E-state index is 14.0. The number of ether oxygens (including phenoxy) is 1. The molecule has 0 amide bonds. The normalized spacial score (nSPS) is 11.3. The predicted octanol–water partition coefficient (Wildman–Crippen LogP) is 3.84. The second-order valence-electron chi connectivity index (χ2n) is 8.40. The molecule has 0 saturated carbocycles. The first-order chi connectivity index (χ1) is 16.0. The fourth-order valence-corrected chi connectivity index (χ4v) is 3.37. The summed E-state index contributed by atoms with van der Waals surface area (Å²) in [5, 5.41) is 10.9. The summed E-state index contributed by atoms with van der Waals surface area (Å²) < 4.78 is 41.0. The molecule has 3 heterocycles. The number of pyridine rings is 1. The molecule has 4 aromatic rings. The molecule has 0 aliphatic heterocycles. The van der Waals surface area contributed by atoms with E-state index in [1.165, 1.54) is 18.2 Å². The minimum atomic E-state index is -0.662. The zero-order valence-electron chi connectivity index (χ0n) is 19.2. The molecule has 4 rings (SSSR count). The van der Waals surface area contributed by atoms with Gasteiger partial charge in [0.1, 0.15) is 23.9 Å². The van der Waals surface area contributed by atoms with Gasteiger partial charge in [-0.3, -0.25) is 9.20 Å². The van der Waals surface area contributed by atoms with E-state index in [2.05, 4.69) is 15.1 Å². The first kappa shape index (κ1) is 24.8. The van der Waals surface area contributed by atoms with Crippen molar-refractivity contribution in [3.63, 3.8) is 0 Å². The number of hydrogen-bond donors (Lipinski definition) is 2. The molecular formula is C23H25F2N5O4. The third-order valence-corrected chi connectivity index (χ3v) is 4.72. The molecular weight excluding hydrogens is 448 g/mol. The van der Waals surface area contributed by atoms with Crippen molar-refractivity contribution in [2.24, 2.45) is 5.73 Å². The number of aromatic nitrogens is 4. The fraction of sp³-hybridized carbons (Fsp3) is 0.304. The quantitative estimate of drug-likeness (QED) is 0.404. The highest BCUT2D eigenvalue weighted by atomic mass is 19.1. The average Bonchev–Trinajstić information content (AvgIpc) is 3.29. The van der Waals surface area contributed by atoms with Crippen LogP contribution in [0.2, 0.25) is 0 Å². The molecule has 1 aromatic carbocycles. The van der Waals surface area contributed by atoms with E-state index in [1.807, 2.05) is 33.9 Å². The predicted molar refractivity (Wildman–Crippen MR) is 119 cm³/mol. The summed E-state index contributed by atoms with van der Waals surface area (Å²) in [4.78, 5) is 17.4. The highest BCUT2D eigenvalue weighted by Crippen LogP contribution is 2.30. The zero-order valence-corrected chi connectivity index (χ0v) is 19.2. The Bertz CT molecular complexity index is 1290. The van der Waals surface area contributed by atoms with Crippen LogP contribution in [0.5, 0.6) is 5.75 Å². The Morgan fingerprint density at radius 1 is 1.24 bits per heavy atom. The Hall–Kier alpha value is -3.86. The lowest BCUT2D eigenvalue weighted by Gasteiger charge is -2.14. The lowest BCUT2D eigenvalue weighted by Crippen LogP contribution is -2.34. The second-order valence-corrected chi connectivity index (χ2v) is 8.40. The summed E-state index contributed by atoms with van der Waals surface area (Å²) in [6.45, 7) is 6.94. The zero-order chi connectivity index (χ0) is 25.0. The van der Waals surface area contributed by atoms with Crippen LogP contribution in [0.15, 0.2) is 35.0 Å². The summed E-state index contributed by atoms with van der Waals surface area (Å²) in [6.07, 6.45) is 2.31. The van der Waals surface area contributed by atoms with Crippen LogP contribution >= 0.6 is 0 Å². The minimum Gasteiger partial charge on any atom is -0.485 e. The van der Waals surface area contributed by atoms with E-state index < -0.39 is 17.2 Å². The van der Waals surface area contributed by atoms with Crippen LogP contribution in [0.25, 0.3) is 17.2 Å². The molecule has 0 aliphatic rings. The van der Waals surface area contributed by atoms with Crippen molar-refractivity contribution >= 4 is 12.1 Å². The molecule has 0 bridgehead atoms. The van der Waals surface area contributed by atoms with Gasteiger partial charge < -0.3 is 20.1 Å². The highest BCUT2D eigenvalue weighted by Gasteiger charge is 2.22. The average molecular weight is 473 g/mol. The number of nitrogens with zero attached hydrogens (tertiary/aromatic N) is 4. The standard InChI is InChI=1S/C22H23F2N5O2.CH2O2/c1-12-8-17(30-11-14-15(23)6-5-7-16(14)24)20-26-13(2)19(29(20)10-12)21-27-18(28-31-21)9-22(3,4)25;2-1-3/h5-8,10H,9,11,25H2,1-4H3;1H,(H,2,3). The number of rotatable bonds is 6. The Morgan fingerprint density at radius 3 is 2.50 bits per heavy atom. The Morgan fingerprint density at radius 2 is 1.88 bits per heavy atom. The molecule has 0 radical (unpaired) electrons. The van der Waals surface area contributed by atoms with E-state index >= 15 is 0 Å². The number of carboxylic acid groups (broad SMARTS) is 1. The SMILES string of the molecule is Cc1cc(OCc2c(F)cccc2F)c2nc(C)c(-c3nc(CC(C)(C)N)no3)n2c1.O=CO. The number of hydrogen-bond acceptors (Lipinski definition) is 7. The lowest BCUT2D eigenvalue weighted by molar-refractivity contribution is -0.122. The lowest BCUT2D eigenvalue weighted by atomic mass is 10.0. The van der Waals surface area contributed by atoms with Gasteiger partial charge in [0.2, 0.25) is 0 Å². The number of nitrogens with two attached hydrogens (primary N) is 1. The number of aryl methyl sites for hydroxylation is 2. The molecule has 34 heavy (non-hydrogen) atoms. The molecule has 0 saturated heterocycles. The Labute approximate surface area is 194 Å². The fourth-order valence-electron chi connectivity index (χ4n) is 3.37. The molecule has 9 nitrogen and oxygen atoms in total. The van der Waals surface area contributed by atoms with Gasteiger partial charge in [-0.1, -0.05) is 11.2 Å². The van der Waals surface area contributed by atoms with Gasteiger partial charge in [-0.2, -0.15) is 4.98 Å². The van der Waals surface area contributed by atoms with Crippen molar-refractivity contribution in [2.75, 3.05) is 0 Å². The van der Waals surface area contributed by atoms with Crippen LogP contribution in [0.3, 0.4) is 0 Å². The van der Waals surface area contributed by atoms with Gasteiger partial charge in [0, 0.05) is 18.2 Å². The second kappa shape index (κ2) is 9.96. The molecule has 0 atom stereocenters. The summed E-state index contributed by atoms with van der Waals surface area (Å²) in [5.41, 5.74) is 8.04. The van der Waals surface area contributed by atoms with Gasteiger partial charge in [0.05, 0.1) is 11.3 Å². The largest absolute Gasteiger partial charge is 0.485 e. The number of imidazole rings is 1. The monoisotopic (exact) mass is 473 g/mol. The van der Waals surface area contributed by atoms with Gasteiger partial charge in [-0.25, -0.2) is 13.8 Å². The third-order valence-electron chi connectivity index (χ3n) is 4.72. The van der Waals surface area contributed by atoms with E-state index in [9.17, 15) is 8.78 Å². The maximum Gasteiger partial charge on any atom is 0.290 e.